The molecule has 1 fully saturated rings. The Kier molecular flexibility index (Phi) is 5.33. The zero-order valence-electron chi connectivity index (χ0n) is 18.3. The van der Waals surface area contributed by atoms with Gasteiger partial charge in [-0.1, -0.05) is 0 Å². The number of ether oxygens (including phenoxy) is 3. The van der Waals surface area contributed by atoms with Crippen molar-refractivity contribution in [2.75, 3.05) is 18.0 Å². The maximum atomic E-state index is 15.2. The van der Waals surface area contributed by atoms with Crippen molar-refractivity contribution in [1.29, 1.82) is 0 Å². The zero-order chi connectivity index (χ0) is 24.3. The van der Waals surface area contributed by atoms with E-state index < -0.39 is 23.1 Å². The molecule has 8 radical (unpaired) electrons. The maximum Gasteiger partial charge on any atom is 0.274 e. The van der Waals surface area contributed by atoms with Crippen molar-refractivity contribution in [1.82, 2.24) is 14.6 Å². The van der Waals surface area contributed by atoms with E-state index in [0.717, 1.165) is 5.56 Å². The lowest BCUT2D eigenvalue weighted by atomic mass is 9.41. The number of benzene rings is 1. The van der Waals surface area contributed by atoms with Crippen LogP contribution in [0.25, 0.3) is 5.65 Å². The number of rotatable bonds is 3. The molecule has 0 unspecified atom stereocenters. The first kappa shape index (κ1) is 22.7. The van der Waals surface area contributed by atoms with Gasteiger partial charge in [0.05, 0.1) is 6.54 Å². The number of fused-ring (bicyclic) bond motifs is 2. The highest BCUT2D eigenvalue weighted by Crippen LogP contribution is 2.41. The predicted molar refractivity (Wildman–Crippen MR) is 126 cm³/mol. The van der Waals surface area contributed by atoms with E-state index in [1.54, 1.807) is 17.0 Å². The van der Waals surface area contributed by atoms with Crippen LogP contribution in [-0.4, -0.2) is 82.1 Å². The molecule has 8 nitrogen and oxygen atoms in total. The third-order valence-electron chi connectivity index (χ3n) is 5.90. The van der Waals surface area contributed by atoms with E-state index >= 15 is 4.39 Å². The number of anilines is 1. The van der Waals surface area contributed by atoms with E-state index in [1.165, 1.54) is 28.9 Å². The fraction of sp³-hybridized carbons (Fsp3) is 0.381. The van der Waals surface area contributed by atoms with Gasteiger partial charge in [-0.2, -0.15) is 4.52 Å². The van der Waals surface area contributed by atoms with Crippen molar-refractivity contribution in [2.45, 2.75) is 36.4 Å². The van der Waals surface area contributed by atoms with Crippen molar-refractivity contribution in [3.05, 3.63) is 52.4 Å². The van der Waals surface area contributed by atoms with E-state index in [9.17, 15) is 4.79 Å². The summed E-state index contributed by atoms with van der Waals surface area (Å²) in [6.07, 6.45) is -0.232. The smallest absolute Gasteiger partial charge is 0.274 e. The number of halogens is 1. The summed E-state index contributed by atoms with van der Waals surface area (Å²) in [5.41, 5.74) is 0.919. The summed E-state index contributed by atoms with van der Waals surface area (Å²) >= 11 is 0. The van der Waals surface area contributed by atoms with Crippen LogP contribution >= 0.6 is 0 Å². The molecule has 2 atom stereocenters. The topological polar surface area (TPSA) is 78.2 Å². The number of piperidine rings is 1. The normalized spacial score (nSPS) is 22.9. The Hall–Kier alpha value is -3.10. The largest absolute Gasteiger partial charge is 0.501 e. The van der Waals surface area contributed by atoms with Crippen LogP contribution < -0.4 is 24.7 Å². The standard InChI is InChI=1S/C21H17B4FN4O4/c1-11-8-17-27-6-4-18(31)30(17)28-19(11)29-7-5-14(13(26)10-29)32-12-2-3-15-16(9-12)34-21(24,25)20(22,23)33-15/h2-4,6,8-9,13-14H,5,7,10H2,1H3/t13-,14+/m0/s1. The van der Waals surface area contributed by atoms with Crippen molar-refractivity contribution in [3.8, 4) is 17.2 Å². The Bertz CT molecular complexity index is 1320. The second-order valence-corrected chi connectivity index (χ2v) is 8.51. The molecule has 13 heteroatoms. The van der Waals surface area contributed by atoms with E-state index in [-0.39, 0.29) is 23.6 Å². The predicted octanol–water partition coefficient (Wildman–Crippen LogP) is 0.147. The molecule has 5 rings (SSSR count). The average Bonchev–Trinajstić information content (AvgIpc) is 2.75. The summed E-state index contributed by atoms with van der Waals surface area (Å²) < 4.78 is 33.2. The second-order valence-electron chi connectivity index (χ2n) is 8.51. The van der Waals surface area contributed by atoms with Gasteiger partial charge in [-0.15, -0.1) is 5.10 Å². The van der Waals surface area contributed by atoms with Crippen LogP contribution in [0.2, 0.25) is 0 Å². The number of hydrogen-bond donors (Lipinski definition) is 0. The number of nitrogens with zero attached hydrogens (tertiary/aromatic N) is 4. The third kappa shape index (κ3) is 3.90. The minimum atomic E-state index is -1.98. The number of aromatic nitrogens is 3. The van der Waals surface area contributed by atoms with Crippen LogP contribution in [0.15, 0.2) is 41.3 Å². The molecular weight excluding hydrogens is 435 g/mol. The Morgan fingerprint density at radius 1 is 1.12 bits per heavy atom. The quantitative estimate of drug-likeness (QED) is 0.525. The lowest BCUT2D eigenvalue weighted by Gasteiger charge is -2.48. The van der Waals surface area contributed by atoms with E-state index in [0.29, 0.717) is 30.2 Å². The average molecular weight is 452 g/mol. The lowest BCUT2D eigenvalue weighted by Crippen LogP contribution is -2.65. The van der Waals surface area contributed by atoms with Crippen LogP contribution in [0.5, 0.6) is 17.2 Å². The fourth-order valence-corrected chi connectivity index (χ4v) is 3.99. The highest BCUT2D eigenvalue weighted by molar-refractivity contribution is 6.53. The Morgan fingerprint density at radius 2 is 1.85 bits per heavy atom. The molecule has 0 amide bonds. The molecule has 1 aromatic carbocycles. The summed E-state index contributed by atoms with van der Waals surface area (Å²) in [5.74, 6) is 1.28. The highest BCUT2D eigenvalue weighted by Gasteiger charge is 2.43. The van der Waals surface area contributed by atoms with E-state index in [1.807, 2.05) is 6.92 Å². The summed E-state index contributed by atoms with van der Waals surface area (Å²) in [5, 5.41) is 0.488. The molecule has 1 saturated heterocycles. The van der Waals surface area contributed by atoms with E-state index in [4.69, 9.17) is 45.6 Å². The maximum absolute atomic E-state index is 15.2. The molecule has 164 valence electrons. The zero-order valence-corrected chi connectivity index (χ0v) is 18.3. The Labute approximate surface area is 200 Å². The molecule has 34 heavy (non-hydrogen) atoms. The lowest BCUT2D eigenvalue weighted by molar-refractivity contribution is 0.0587. The molecule has 2 aliphatic heterocycles. The van der Waals surface area contributed by atoms with Gasteiger partial charge in [0.15, 0.2) is 29.1 Å². The molecule has 2 aliphatic rings. The van der Waals surface area contributed by atoms with Crippen molar-refractivity contribution in [2.24, 2.45) is 0 Å². The first-order valence-electron chi connectivity index (χ1n) is 10.6. The molecule has 3 aromatic rings. The van der Waals surface area contributed by atoms with Crippen molar-refractivity contribution in [3.63, 3.8) is 0 Å². The molecule has 0 N–H and O–H groups in total. The number of alkyl halides is 1. The van der Waals surface area contributed by atoms with Gasteiger partial charge in [0.25, 0.3) is 5.56 Å². The second kappa shape index (κ2) is 7.99. The molecule has 0 spiro atoms. The van der Waals surface area contributed by atoms with Crippen molar-refractivity contribution < 1.29 is 18.6 Å². The first-order chi connectivity index (χ1) is 16.0. The molecule has 4 heterocycles. The van der Waals surface area contributed by atoms with Gasteiger partial charge in [-0.25, -0.2) is 9.37 Å². The number of aryl methyl sites for hydroxylation is 1. The minimum Gasteiger partial charge on any atom is -0.501 e. The van der Waals surface area contributed by atoms with Gasteiger partial charge in [-0.3, -0.25) is 4.79 Å². The van der Waals surface area contributed by atoms with Crippen LogP contribution in [0.1, 0.15) is 12.0 Å². The van der Waals surface area contributed by atoms with Gasteiger partial charge in [0, 0.05) is 42.1 Å². The minimum absolute atomic E-state index is 0.0428. The van der Waals surface area contributed by atoms with Gasteiger partial charge < -0.3 is 19.1 Å². The molecule has 0 saturated carbocycles. The summed E-state index contributed by atoms with van der Waals surface area (Å²) in [6, 6.07) is 7.69. The van der Waals surface area contributed by atoms with Gasteiger partial charge in [0.2, 0.25) is 0 Å². The van der Waals surface area contributed by atoms with E-state index in [2.05, 4.69) is 10.1 Å². The fourth-order valence-electron chi connectivity index (χ4n) is 3.99. The molecular formula is C21H17B4FN4O4. The van der Waals surface area contributed by atoms with Crippen LogP contribution in [0.4, 0.5) is 10.2 Å². The summed E-state index contributed by atoms with van der Waals surface area (Å²) in [4.78, 5) is 18.1. The van der Waals surface area contributed by atoms with Gasteiger partial charge in [0.1, 0.15) is 43.2 Å². The molecule has 0 aliphatic carbocycles. The summed E-state index contributed by atoms with van der Waals surface area (Å²) in [7, 11) is 23.1. The summed E-state index contributed by atoms with van der Waals surface area (Å²) in [6.45, 7) is 2.36. The van der Waals surface area contributed by atoms with Gasteiger partial charge >= 0.3 is 0 Å². The molecule has 0 bridgehead atoms. The monoisotopic (exact) mass is 452 g/mol. The Morgan fingerprint density at radius 3 is 2.59 bits per heavy atom. The third-order valence-corrected chi connectivity index (χ3v) is 5.90. The van der Waals surface area contributed by atoms with Crippen molar-refractivity contribution >= 4 is 42.9 Å². The first-order valence-corrected chi connectivity index (χ1v) is 10.6. The SMILES string of the molecule is [B]C1([B])Oc2ccc(O[C@@H]3CCN(c4nn5c(=O)ccnc5cc4C)C[C@@H]3F)cc2OC1([B])[B]. The van der Waals surface area contributed by atoms with Gasteiger partial charge in [-0.05, 0) is 30.7 Å². The Balaban J connectivity index is 1.31. The number of hydrogen-bond acceptors (Lipinski definition) is 7. The van der Waals surface area contributed by atoms with Crippen LogP contribution in [-0.2, 0) is 0 Å². The van der Waals surface area contributed by atoms with Crippen LogP contribution in [0, 0.1) is 6.92 Å². The highest BCUT2D eigenvalue weighted by atomic mass is 19.1. The van der Waals surface area contributed by atoms with Crippen LogP contribution in [0.3, 0.4) is 0 Å². The molecule has 2 aromatic heterocycles.